The molecule has 5 rings (SSSR count). The number of aromatic amines is 1. The van der Waals surface area contributed by atoms with Gasteiger partial charge in [-0.1, -0.05) is 36.4 Å². The molecule has 1 N–H and O–H groups in total. The minimum absolute atomic E-state index is 0.0596. The van der Waals surface area contributed by atoms with E-state index in [0.717, 1.165) is 23.9 Å². The number of rotatable bonds is 4. The van der Waals surface area contributed by atoms with Crippen LogP contribution in [0.15, 0.2) is 53.3 Å². The van der Waals surface area contributed by atoms with Gasteiger partial charge in [0, 0.05) is 18.6 Å². The van der Waals surface area contributed by atoms with Crippen molar-refractivity contribution < 1.29 is 0 Å². The topological polar surface area (TPSA) is 49.0 Å². The second-order valence-electron chi connectivity index (χ2n) is 7.19. The first-order chi connectivity index (χ1) is 12.3. The molecule has 2 aliphatic rings. The molecule has 0 spiro atoms. The third-order valence-corrected chi connectivity index (χ3v) is 5.52. The Morgan fingerprint density at radius 1 is 1.04 bits per heavy atom. The summed E-state index contributed by atoms with van der Waals surface area (Å²) in [5, 5.41) is 0. The van der Waals surface area contributed by atoms with Crippen LogP contribution in [0.5, 0.6) is 0 Å². The molecule has 1 fully saturated rings. The van der Waals surface area contributed by atoms with E-state index in [2.05, 4.69) is 39.1 Å². The average molecular weight is 331 g/mol. The highest BCUT2D eigenvalue weighted by Gasteiger charge is 2.37. The lowest BCUT2D eigenvalue weighted by atomic mass is 10.1. The van der Waals surface area contributed by atoms with E-state index in [0.29, 0.717) is 24.3 Å². The molecule has 25 heavy (non-hydrogen) atoms. The number of aryl methyl sites for hydroxylation is 1. The molecule has 0 saturated heterocycles. The normalized spacial score (nSPS) is 19.5. The van der Waals surface area contributed by atoms with Gasteiger partial charge < -0.3 is 4.98 Å². The van der Waals surface area contributed by atoms with Crippen molar-refractivity contribution in [1.82, 2.24) is 14.9 Å². The number of nitrogens with zero attached hydrogens (tertiary/aromatic N) is 2. The van der Waals surface area contributed by atoms with Crippen LogP contribution in [-0.2, 0) is 13.0 Å². The quantitative estimate of drug-likeness (QED) is 0.795. The van der Waals surface area contributed by atoms with E-state index in [1.807, 2.05) is 24.3 Å². The zero-order valence-electron chi connectivity index (χ0n) is 14.1. The summed E-state index contributed by atoms with van der Waals surface area (Å²) in [5.41, 5.74) is 5.14. The molecule has 0 bridgehead atoms. The lowest BCUT2D eigenvalue weighted by Gasteiger charge is -2.29. The fraction of sp³-hybridized carbons (Fsp3) is 0.333. The predicted molar refractivity (Wildman–Crippen MR) is 98.4 cm³/mol. The molecule has 0 amide bonds. The van der Waals surface area contributed by atoms with E-state index in [1.54, 1.807) is 0 Å². The molecule has 2 aliphatic carbocycles. The number of hydrogen-bond donors (Lipinski definition) is 1. The van der Waals surface area contributed by atoms with Crippen LogP contribution < -0.4 is 5.56 Å². The fourth-order valence-corrected chi connectivity index (χ4v) is 4.13. The number of hydrogen-bond acceptors (Lipinski definition) is 3. The van der Waals surface area contributed by atoms with Gasteiger partial charge >= 0.3 is 0 Å². The Balaban J connectivity index is 1.51. The van der Waals surface area contributed by atoms with Crippen LogP contribution in [0.4, 0.5) is 0 Å². The maximum Gasteiger partial charge on any atom is 0.271 e. The Hall–Kier alpha value is -2.46. The monoisotopic (exact) mass is 331 g/mol. The van der Waals surface area contributed by atoms with Gasteiger partial charge in [-0.3, -0.25) is 9.69 Å². The van der Waals surface area contributed by atoms with E-state index in [4.69, 9.17) is 0 Å². The number of benzene rings is 2. The second kappa shape index (κ2) is 5.81. The van der Waals surface area contributed by atoms with Crippen molar-refractivity contribution in [2.45, 2.75) is 44.3 Å². The Bertz CT molecular complexity index is 990. The lowest BCUT2D eigenvalue weighted by Crippen LogP contribution is -2.32. The van der Waals surface area contributed by atoms with Crippen LogP contribution >= 0.6 is 0 Å². The van der Waals surface area contributed by atoms with E-state index in [-0.39, 0.29) is 5.56 Å². The number of H-pyrrole nitrogens is 1. The van der Waals surface area contributed by atoms with Gasteiger partial charge in [-0.2, -0.15) is 0 Å². The van der Waals surface area contributed by atoms with Crippen LogP contribution in [0.2, 0.25) is 0 Å². The fourth-order valence-electron chi connectivity index (χ4n) is 4.13. The van der Waals surface area contributed by atoms with Crippen LogP contribution in [0.1, 0.15) is 42.1 Å². The molecule has 1 saturated carbocycles. The Kier molecular flexibility index (Phi) is 3.45. The highest BCUT2D eigenvalue weighted by atomic mass is 16.1. The summed E-state index contributed by atoms with van der Waals surface area (Å²) in [6.07, 6.45) is 4.72. The first kappa shape index (κ1) is 14.8. The van der Waals surface area contributed by atoms with E-state index >= 15 is 0 Å². The van der Waals surface area contributed by atoms with Crippen molar-refractivity contribution in [1.29, 1.82) is 0 Å². The summed E-state index contributed by atoms with van der Waals surface area (Å²) in [4.78, 5) is 22.7. The predicted octanol–water partition coefficient (Wildman–Crippen LogP) is 3.58. The standard InChI is InChI=1S/C21H21N3O/c25-21-19(22-17-7-3-4-8-18(17)23-21)13-24(15-10-11-15)20-12-9-14-5-1-2-6-16(14)20/h1-8,15,20H,9-13H2,(H,23,25). The molecule has 0 radical (unpaired) electrons. The summed E-state index contributed by atoms with van der Waals surface area (Å²) in [6.45, 7) is 0.629. The molecule has 1 heterocycles. The second-order valence-corrected chi connectivity index (χ2v) is 7.19. The van der Waals surface area contributed by atoms with Gasteiger partial charge in [-0.25, -0.2) is 4.98 Å². The van der Waals surface area contributed by atoms with Gasteiger partial charge in [0.15, 0.2) is 0 Å². The first-order valence-electron chi connectivity index (χ1n) is 9.11. The van der Waals surface area contributed by atoms with Gasteiger partial charge in [0.1, 0.15) is 5.69 Å². The van der Waals surface area contributed by atoms with Gasteiger partial charge in [0.25, 0.3) is 5.56 Å². The van der Waals surface area contributed by atoms with Crippen molar-refractivity contribution >= 4 is 11.0 Å². The summed E-state index contributed by atoms with van der Waals surface area (Å²) < 4.78 is 0. The average Bonchev–Trinajstić information content (AvgIpc) is 3.39. The molecular formula is C21H21N3O. The molecule has 1 atom stereocenters. The minimum Gasteiger partial charge on any atom is -0.319 e. The molecule has 4 heteroatoms. The number of aromatic nitrogens is 2. The SMILES string of the molecule is O=c1[nH]c2ccccc2nc1CN(C1CC1)C1CCc2ccccc21. The molecular weight excluding hydrogens is 310 g/mol. The summed E-state index contributed by atoms with van der Waals surface area (Å²) in [5.74, 6) is 0. The molecule has 2 aromatic carbocycles. The lowest BCUT2D eigenvalue weighted by molar-refractivity contribution is 0.174. The van der Waals surface area contributed by atoms with Crippen LogP contribution in [0, 0.1) is 0 Å². The number of nitrogens with one attached hydrogen (secondary N) is 1. The van der Waals surface area contributed by atoms with Crippen molar-refractivity contribution in [3.63, 3.8) is 0 Å². The maximum atomic E-state index is 12.5. The van der Waals surface area contributed by atoms with Crippen LogP contribution in [0.3, 0.4) is 0 Å². The number of fused-ring (bicyclic) bond motifs is 2. The van der Waals surface area contributed by atoms with Gasteiger partial charge in [-0.15, -0.1) is 0 Å². The van der Waals surface area contributed by atoms with Gasteiger partial charge in [0.05, 0.1) is 11.0 Å². The van der Waals surface area contributed by atoms with E-state index in [1.165, 1.54) is 24.0 Å². The van der Waals surface area contributed by atoms with Gasteiger partial charge in [0.2, 0.25) is 0 Å². The van der Waals surface area contributed by atoms with Gasteiger partial charge in [-0.05, 0) is 48.9 Å². The van der Waals surface area contributed by atoms with Crippen molar-refractivity contribution in [3.05, 3.63) is 75.7 Å². The molecule has 4 nitrogen and oxygen atoms in total. The Morgan fingerprint density at radius 2 is 1.84 bits per heavy atom. The molecule has 0 aliphatic heterocycles. The Labute approximate surface area is 146 Å². The van der Waals surface area contributed by atoms with E-state index in [9.17, 15) is 4.79 Å². The zero-order valence-corrected chi connectivity index (χ0v) is 14.1. The van der Waals surface area contributed by atoms with Crippen molar-refractivity contribution in [3.8, 4) is 0 Å². The summed E-state index contributed by atoms with van der Waals surface area (Å²) in [7, 11) is 0. The highest BCUT2D eigenvalue weighted by molar-refractivity contribution is 5.73. The molecule has 3 aromatic rings. The maximum absolute atomic E-state index is 12.5. The minimum atomic E-state index is -0.0596. The third kappa shape index (κ3) is 2.67. The summed E-state index contributed by atoms with van der Waals surface area (Å²) in [6, 6.07) is 17.5. The van der Waals surface area contributed by atoms with Crippen molar-refractivity contribution in [2.75, 3.05) is 0 Å². The smallest absolute Gasteiger partial charge is 0.271 e. The highest BCUT2D eigenvalue weighted by Crippen LogP contribution is 2.42. The first-order valence-corrected chi connectivity index (χ1v) is 9.11. The zero-order chi connectivity index (χ0) is 16.8. The van der Waals surface area contributed by atoms with Crippen LogP contribution in [0.25, 0.3) is 11.0 Å². The van der Waals surface area contributed by atoms with E-state index < -0.39 is 0 Å². The molecule has 1 unspecified atom stereocenters. The molecule has 126 valence electrons. The third-order valence-electron chi connectivity index (χ3n) is 5.52. The van der Waals surface area contributed by atoms with Crippen LogP contribution in [-0.4, -0.2) is 20.9 Å². The largest absolute Gasteiger partial charge is 0.319 e. The van der Waals surface area contributed by atoms with Crippen molar-refractivity contribution in [2.24, 2.45) is 0 Å². The molecule has 1 aromatic heterocycles. The number of para-hydroxylation sites is 2. The Morgan fingerprint density at radius 3 is 2.72 bits per heavy atom. The summed E-state index contributed by atoms with van der Waals surface area (Å²) >= 11 is 0.